The lowest BCUT2D eigenvalue weighted by Gasteiger charge is -2.04. The second-order valence-corrected chi connectivity index (χ2v) is 5.22. The number of amides is 2. The Morgan fingerprint density at radius 1 is 1.17 bits per heavy atom. The maximum atomic E-state index is 11.7. The summed E-state index contributed by atoms with van der Waals surface area (Å²) < 4.78 is 5.08. The zero-order valence-corrected chi connectivity index (χ0v) is 13.7. The Hall–Kier alpha value is -2.86. The van der Waals surface area contributed by atoms with Crippen molar-refractivity contribution in [2.24, 2.45) is 5.10 Å². The van der Waals surface area contributed by atoms with Crippen LogP contribution in [0.2, 0.25) is 5.02 Å². The van der Waals surface area contributed by atoms with Gasteiger partial charge in [0.15, 0.2) is 0 Å². The third-order valence-electron chi connectivity index (χ3n) is 3.05. The van der Waals surface area contributed by atoms with Crippen molar-refractivity contribution in [3.63, 3.8) is 0 Å². The van der Waals surface area contributed by atoms with E-state index in [1.165, 1.54) is 6.21 Å². The summed E-state index contributed by atoms with van der Waals surface area (Å²) in [6.45, 7) is 0.225. The summed E-state index contributed by atoms with van der Waals surface area (Å²) in [6, 6.07) is 14.1. The molecule has 0 saturated carbocycles. The van der Waals surface area contributed by atoms with Crippen molar-refractivity contribution in [2.75, 3.05) is 7.11 Å². The zero-order chi connectivity index (χ0) is 17.4. The van der Waals surface area contributed by atoms with Gasteiger partial charge in [0.2, 0.25) is 0 Å². The number of carbonyl (C=O) groups is 2. The predicted molar refractivity (Wildman–Crippen MR) is 92.0 cm³/mol. The highest BCUT2D eigenvalue weighted by Crippen LogP contribution is 2.10. The Balaban J connectivity index is 1.81. The number of carbonyl (C=O) groups excluding carboxylic acids is 2. The first-order valence-corrected chi connectivity index (χ1v) is 7.46. The fraction of sp³-hybridized carbons (Fsp3) is 0.118. The number of nitrogens with one attached hydrogen (secondary N) is 2. The van der Waals surface area contributed by atoms with Gasteiger partial charge in [0.25, 0.3) is 0 Å². The van der Waals surface area contributed by atoms with Gasteiger partial charge in [-0.25, -0.2) is 5.43 Å². The van der Waals surface area contributed by atoms with Crippen LogP contribution in [0, 0.1) is 0 Å². The molecule has 0 spiro atoms. The molecule has 0 fully saturated rings. The molecule has 2 aromatic rings. The molecule has 0 aliphatic heterocycles. The van der Waals surface area contributed by atoms with E-state index in [1.807, 2.05) is 0 Å². The Morgan fingerprint density at radius 2 is 1.92 bits per heavy atom. The highest BCUT2D eigenvalue weighted by molar-refractivity contribution is 6.35. The number of benzene rings is 2. The van der Waals surface area contributed by atoms with Crippen LogP contribution in [0.25, 0.3) is 0 Å². The number of methoxy groups -OCH3 is 1. The van der Waals surface area contributed by atoms with Crippen molar-refractivity contribution in [2.45, 2.75) is 6.54 Å². The molecule has 2 amide bonds. The summed E-state index contributed by atoms with van der Waals surface area (Å²) in [5.74, 6) is -0.943. The van der Waals surface area contributed by atoms with E-state index >= 15 is 0 Å². The first-order chi connectivity index (χ1) is 11.6. The summed E-state index contributed by atoms with van der Waals surface area (Å²) in [5.41, 5.74) is 3.74. The van der Waals surface area contributed by atoms with Crippen LogP contribution in [0.15, 0.2) is 53.6 Å². The SMILES string of the molecule is COc1cccc(/C=N/NC(=O)C(=O)NCc2ccc(Cl)cc2)c1. The van der Waals surface area contributed by atoms with Crippen LogP contribution in [0.4, 0.5) is 0 Å². The van der Waals surface area contributed by atoms with Gasteiger partial charge >= 0.3 is 11.8 Å². The Bertz CT molecular complexity index is 745. The van der Waals surface area contributed by atoms with Crippen molar-refractivity contribution >= 4 is 29.6 Å². The van der Waals surface area contributed by atoms with E-state index in [2.05, 4.69) is 15.8 Å². The van der Waals surface area contributed by atoms with Crippen LogP contribution in [0.1, 0.15) is 11.1 Å². The normalized spacial score (nSPS) is 10.4. The van der Waals surface area contributed by atoms with Gasteiger partial charge in [-0.1, -0.05) is 35.9 Å². The van der Waals surface area contributed by atoms with Crippen molar-refractivity contribution in [1.82, 2.24) is 10.7 Å². The number of rotatable bonds is 5. The minimum Gasteiger partial charge on any atom is -0.497 e. The van der Waals surface area contributed by atoms with Crippen LogP contribution in [-0.4, -0.2) is 25.1 Å². The molecule has 0 heterocycles. The van der Waals surface area contributed by atoms with E-state index in [9.17, 15) is 9.59 Å². The van der Waals surface area contributed by atoms with Crippen molar-refractivity contribution in [3.8, 4) is 5.75 Å². The molecule has 7 heteroatoms. The Labute approximate surface area is 144 Å². The van der Waals surface area contributed by atoms with Crippen molar-refractivity contribution < 1.29 is 14.3 Å². The first kappa shape index (κ1) is 17.5. The summed E-state index contributed by atoms with van der Waals surface area (Å²) in [4.78, 5) is 23.3. The molecule has 6 nitrogen and oxygen atoms in total. The molecule has 0 radical (unpaired) electrons. The van der Waals surface area contributed by atoms with Crippen molar-refractivity contribution in [1.29, 1.82) is 0 Å². The molecule has 0 aliphatic carbocycles. The van der Waals surface area contributed by atoms with E-state index in [1.54, 1.807) is 55.6 Å². The number of hydrogen-bond donors (Lipinski definition) is 2. The number of ether oxygens (including phenoxy) is 1. The maximum Gasteiger partial charge on any atom is 0.329 e. The summed E-state index contributed by atoms with van der Waals surface area (Å²) in [6.07, 6.45) is 1.42. The molecule has 0 aliphatic rings. The third-order valence-corrected chi connectivity index (χ3v) is 3.30. The average Bonchev–Trinajstić information content (AvgIpc) is 2.61. The molecule has 0 unspecified atom stereocenters. The van der Waals surface area contributed by atoms with Crippen LogP contribution in [-0.2, 0) is 16.1 Å². The lowest BCUT2D eigenvalue weighted by atomic mass is 10.2. The second-order valence-electron chi connectivity index (χ2n) is 4.78. The Morgan fingerprint density at radius 3 is 2.62 bits per heavy atom. The highest BCUT2D eigenvalue weighted by Gasteiger charge is 2.11. The standard InChI is InChI=1S/C17H16ClN3O3/c1-24-15-4-2-3-13(9-15)11-20-21-17(23)16(22)19-10-12-5-7-14(18)8-6-12/h2-9,11H,10H2,1H3,(H,19,22)(H,21,23)/b20-11+. The quantitative estimate of drug-likeness (QED) is 0.495. The summed E-state index contributed by atoms with van der Waals surface area (Å²) in [5, 5.41) is 6.85. The minimum absolute atomic E-state index is 0.225. The lowest BCUT2D eigenvalue weighted by molar-refractivity contribution is -0.139. The molecule has 2 N–H and O–H groups in total. The van der Waals surface area contributed by atoms with E-state index < -0.39 is 11.8 Å². The van der Waals surface area contributed by atoms with Gasteiger partial charge in [0, 0.05) is 11.6 Å². The number of hydrogen-bond acceptors (Lipinski definition) is 4. The summed E-state index contributed by atoms with van der Waals surface area (Å²) >= 11 is 5.78. The first-order valence-electron chi connectivity index (χ1n) is 7.08. The van der Waals surface area contributed by atoms with Gasteiger partial charge in [0.05, 0.1) is 13.3 Å². The van der Waals surface area contributed by atoms with Gasteiger partial charge in [0.1, 0.15) is 5.75 Å². The van der Waals surface area contributed by atoms with Crippen LogP contribution >= 0.6 is 11.6 Å². The van der Waals surface area contributed by atoms with E-state index in [4.69, 9.17) is 16.3 Å². The lowest BCUT2D eigenvalue weighted by Crippen LogP contribution is -2.37. The van der Waals surface area contributed by atoms with E-state index in [0.29, 0.717) is 10.8 Å². The Kier molecular flexibility index (Phi) is 6.33. The largest absolute Gasteiger partial charge is 0.497 e. The smallest absolute Gasteiger partial charge is 0.329 e. The minimum atomic E-state index is -0.844. The summed E-state index contributed by atoms with van der Waals surface area (Å²) in [7, 11) is 1.56. The van der Waals surface area contributed by atoms with Gasteiger partial charge in [-0.15, -0.1) is 0 Å². The highest BCUT2D eigenvalue weighted by atomic mass is 35.5. The molecule has 124 valence electrons. The van der Waals surface area contributed by atoms with Crippen molar-refractivity contribution in [3.05, 3.63) is 64.7 Å². The van der Waals surface area contributed by atoms with Gasteiger partial charge in [-0.05, 0) is 35.4 Å². The molecule has 0 bridgehead atoms. The van der Waals surface area contributed by atoms with Crippen LogP contribution in [0.3, 0.4) is 0 Å². The van der Waals surface area contributed by atoms with Crippen LogP contribution < -0.4 is 15.5 Å². The monoisotopic (exact) mass is 345 g/mol. The molecular formula is C17H16ClN3O3. The fourth-order valence-corrected chi connectivity index (χ4v) is 1.93. The third kappa shape index (κ3) is 5.40. The van der Waals surface area contributed by atoms with E-state index in [0.717, 1.165) is 11.1 Å². The predicted octanol–water partition coefficient (Wildman–Crippen LogP) is 2.12. The molecule has 0 atom stereocenters. The number of nitrogens with zero attached hydrogens (tertiary/aromatic N) is 1. The number of halogens is 1. The van der Waals surface area contributed by atoms with Crippen LogP contribution in [0.5, 0.6) is 5.75 Å². The van der Waals surface area contributed by atoms with Gasteiger partial charge in [-0.3, -0.25) is 9.59 Å². The fourth-order valence-electron chi connectivity index (χ4n) is 1.80. The maximum absolute atomic E-state index is 11.7. The van der Waals surface area contributed by atoms with Gasteiger partial charge < -0.3 is 10.1 Å². The second kappa shape index (κ2) is 8.69. The molecular weight excluding hydrogens is 330 g/mol. The molecule has 2 aromatic carbocycles. The van der Waals surface area contributed by atoms with E-state index in [-0.39, 0.29) is 6.54 Å². The molecule has 0 saturated heterocycles. The van der Waals surface area contributed by atoms with Gasteiger partial charge in [-0.2, -0.15) is 5.10 Å². The average molecular weight is 346 g/mol. The molecule has 0 aromatic heterocycles. The molecule has 24 heavy (non-hydrogen) atoms. The zero-order valence-electron chi connectivity index (χ0n) is 13.0. The number of hydrazone groups is 1. The molecule has 2 rings (SSSR count). The topological polar surface area (TPSA) is 79.8 Å².